The Bertz CT molecular complexity index is 617. The number of anilines is 2. The maximum atomic E-state index is 13.4. The summed E-state index contributed by atoms with van der Waals surface area (Å²) in [5, 5.41) is 13.5. The molecule has 3 N–H and O–H groups in total. The lowest BCUT2D eigenvalue weighted by Gasteiger charge is -2.09. The normalized spacial score (nSPS) is 10.2. The lowest BCUT2D eigenvalue weighted by Crippen LogP contribution is -2.04. The SMILES string of the molecule is Nc1cc([N+](=O)[O-])ccc1NCc1ccccc1F. The van der Waals surface area contributed by atoms with E-state index < -0.39 is 4.92 Å². The average Bonchev–Trinajstić information content (AvgIpc) is 2.39. The lowest BCUT2D eigenvalue weighted by atomic mass is 10.2. The van der Waals surface area contributed by atoms with Crippen LogP contribution < -0.4 is 11.1 Å². The van der Waals surface area contributed by atoms with Crippen molar-refractivity contribution in [3.63, 3.8) is 0 Å². The molecule has 0 atom stereocenters. The van der Waals surface area contributed by atoms with Crippen molar-refractivity contribution in [2.24, 2.45) is 0 Å². The number of nitrogens with one attached hydrogen (secondary N) is 1. The van der Waals surface area contributed by atoms with Crippen LogP contribution in [0.2, 0.25) is 0 Å². The molecule has 0 spiro atoms. The minimum atomic E-state index is -0.517. The molecule has 0 heterocycles. The summed E-state index contributed by atoms with van der Waals surface area (Å²) >= 11 is 0. The van der Waals surface area contributed by atoms with Crippen LogP contribution in [0.1, 0.15) is 5.56 Å². The van der Waals surface area contributed by atoms with Crippen LogP contribution in [-0.2, 0) is 6.54 Å². The number of hydrogen-bond acceptors (Lipinski definition) is 4. The van der Waals surface area contributed by atoms with E-state index in [0.717, 1.165) is 0 Å². The van der Waals surface area contributed by atoms with Crippen molar-refractivity contribution in [1.82, 2.24) is 0 Å². The monoisotopic (exact) mass is 261 g/mol. The molecule has 0 unspecified atom stereocenters. The molecule has 0 fully saturated rings. The average molecular weight is 261 g/mol. The van der Waals surface area contributed by atoms with E-state index in [2.05, 4.69) is 5.32 Å². The second-order valence-corrected chi connectivity index (χ2v) is 3.97. The highest BCUT2D eigenvalue weighted by atomic mass is 19.1. The second kappa shape index (κ2) is 5.34. The van der Waals surface area contributed by atoms with Gasteiger partial charge in [-0.15, -0.1) is 0 Å². The largest absolute Gasteiger partial charge is 0.397 e. The highest BCUT2D eigenvalue weighted by Gasteiger charge is 2.09. The Morgan fingerprint density at radius 3 is 2.63 bits per heavy atom. The third-order valence-electron chi connectivity index (χ3n) is 2.67. The fourth-order valence-corrected chi connectivity index (χ4v) is 1.66. The van der Waals surface area contributed by atoms with E-state index in [4.69, 9.17) is 5.73 Å². The molecular weight excluding hydrogens is 249 g/mol. The zero-order chi connectivity index (χ0) is 13.8. The Balaban J connectivity index is 2.12. The van der Waals surface area contributed by atoms with Crippen molar-refractivity contribution < 1.29 is 9.31 Å². The standard InChI is InChI=1S/C13H12FN3O2/c14-11-4-2-1-3-9(11)8-16-13-6-5-10(17(18)19)7-12(13)15/h1-7,16H,8,15H2. The molecule has 0 aliphatic carbocycles. The lowest BCUT2D eigenvalue weighted by molar-refractivity contribution is -0.384. The van der Waals surface area contributed by atoms with Crippen molar-refractivity contribution in [1.29, 1.82) is 0 Å². The first-order valence-corrected chi connectivity index (χ1v) is 5.59. The summed E-state index contributed by atoms with van der Waals surface area (Å²) in [5.74, 6) is -0.310. The predicted octanol–water partition coefficient (Wildman–Crippen LogP) is 2.93. The summed E-state index contributed by atoms with van der Waals surface area (Å²) in [7, 11) is 0. The van der Waals surface area contributed by atoms with Gasteiger partial charge < -0.3 is 11.1 Å². The van der Waals surface area contributed by atoms with Gasteiger partial charge in [-0.05, 0) is 12.1 Å². The Labute approximate surface area is 109 Å². The molecule has 19 heavy (non-hydrogen) atoms. The van der Waals surface area contributed by atoms with E-state index >= 15 is 0 Å². The Hall–Kier alpha value is -2.63. The smallest absolute Gasteiger partial charge is 0.271 e. The van der Waals surface area contributed by atoms with Gasteiger partial charge in [0.15, 0.2) is 0 Å². The van der Waals surface area contributed by atoms with Gasteiger partial charge in [0.1, 0.15) is 5.82 Å². The number of nitro groups is 1. The van der Waals surface area contributed by atoms with E-state index in [1.807, 2.05) is 0 Å². The molecule has 0 aliphatic rings. The van der Waals surface area contributed by atoms with Crippen molar-refractivity contribution in [2.75, 3.05) is 11.1 Å². The maximum Gasteiger partial charge on any atom is 0.271 e. The van der Waals surface area contributed by atoms with Gasteiger partial charge in [0.2, 0.25) is 0 Å². The molecule has 5 nitrogen and oxygen atoms in total. The number of halogens is 1. The number of nitrogens with zero attached hydrogens (tertiary/aromatic N) is 1. The predicted molar refractivity (Wildman–Crippen MR) is 71.2 cm³/mol. The molecule has 98 valence electrons. The minimum Gasteiger partial charge on any atom is -0.397 e. The van der Waals surface area contributed by atoms with Crippen molar-refractivity contribution in [2.45, 2.75) is 6.54 Å². The first kappa shape index (κ1) is 12.8. The van der Waals surface area contributed by atoms with Crippen LogP contribution >= 0.6 is 0 Å². The molecule has 0 radical (unpaired) electrons. The molecule has 0 saturated heterocycles. The molecule has 0 bridgehead atoms. The third kappa shape index (κ3) is 2.98. The first-order chi connectivity index (χ1) is 9.08. The van der Waals surface area contributed by atoms with Gasteiger partial charge in [0, 0.05) is 24.2 Å². The Morgan fingerprint density at radius 1 is 1.26 bits per heavy atom. The van der Waals surface area contributed by atoms with Gasteiger partial charge in [-0.1, -0.05) is 18.2 Å². The zero-order valence-electron chi connectivity index (χ0n) is 9.97. The van der Waals surface area contributed by atoms with Crippen LogP contribution in [0.4, 0.5) is 21.5 Å². The molecule has 0 amide bonds. The topological polar surface area (TPSA) is 81.2 Å². The van der Waals surface area contributed by atoms with E-state index in [0.29, 0.717) is 11.3 Å². The van der Waals surface area contributed by atoms with Crippen LogP contribution in [-0.4, -0.2) is 4.92 Å². The Morgan fingerprint density at radius 2 is 2.00 bits per heavy atom. The molecule has 2 aromatic carbocycles. The highest BCUT2D eigenvalue weighted by molar-refractivity contribution is 5.69. The third-order valence-corrected chi connectivity index (χ3v) is 2.67. The number of nitro benzene ring substituents is 1. The molecular formula is C13H12FN3O2. The van der Waals surface area contributed by atoms with Gasteiger partial charge in [0.05, 0.1) is 16.3 Å². The van der Waals surface area contributed by atoms with Gasteiger partial charge in [-0.3, -0.25) is 10.1 Å². The van der Waals surface area contributed by atoms with Gasteiger partial charge >= 0.3 is 0 Å². The summed E-state index contributed by atoms with van der Waals surface area (Å²) in [6.45, 7) is 0.259. The molecule has 0 aromatic heterocycles. The van der Waals surface area contributed by atoms with Gasteiger partial charge in [0.25, 0.3) is 5.69 Å². The first-order valence-electron chi connectivity index (χ1n) is 5.59. The van der Waals surface area contributed by atoms with Crippen LogP contribution in [0, 0.1) is 15.9 Å². The van der Waals surface area contributed by atoms with E-state index in [-0.39, 0.29) is 23.7 Å². The number of benzene rings is 2. The number of rotatable bonds is 4. The van der Waals surface area contributed by atoms with E-state index in [1.54, 1.807) is 18.2 Å². The number of nitrogens with two attached hydrogens (primary N) is 1. The second-order valence-electron chi connectivity index (χ2n) is 3.97. The molecule has 2 aromatic rings. The minimum absolute atomic E-state index is 0.0751. The van der Waals surface area contributed by atoms with Crippen LogP contribution in [0.15, 0.2) is 42.5 Å². The zero-order valence-corrected chi connectivity index (χ0v) is 9.97. The van der Waals surface area contributed by atoms with Gasteiger partial charge in [-0.2, -0.15) is 0 Å². The molecule has 0 aliphatic heterocycles. The summed E-state index contributed by atoms with van der Waals surface area (Å²) in [6.07, 6.45) is 0. The fourth-order valence-electron chi connectivity index (χ4n) is 1.66. The van der Waals surface area contributed by atoms with Crippen LogP contribution in [0.3, 0.4) is 0 Å². The molecule has 2 rings (SSSR count). The van der Waals surface area contributed by atoms with E-state index in [9.17, 15) is 14.5 Å². The molecule has 6 heteroatoms. The summed E-state index contributed by atoms with van der Waals surface area (Å²) in [5.41, 5.74) is 6.92. The summed E-state index contributed by atoms with van der Waals surface area (Å²) in [6, 6.07) is 10.5. The fraction of sp³-hybridized carbons (Fsp3) is 0.0769. The summed E-state index contributed by atoms with van der Waals surface area (Å²) < 4.78 is 13.4. The number of non-ortho nitro benzene ring substituents is 1. The number of nitrogen functional groups attached to an aromatic ring is 1. The number of hydrogen-bond donors (Lipinski definition) is 2. The quantitative estimate of drug-likeness (QED) is 0.503. The Kier molecular flexibility index (Phi) is 3.61. The highest BCUT2D eigenvalue weighted by Crippen LogP contribution is 2.24. The van der Waals surface area contributed by atoms with Crippen LogP contribution in [0.5, 0.6) is 0 Å². The van der Waals surface area contributed by atoms with Crippen molar-refractivity contribution in [3.05, 3.63) is 64.0 Å². The van der Waals surface area contributed by atoms with Crippen molar-refractivity contribution >= 4 is 17.1 Å². The maximum absolute atomic E-state index is 13.4. The van der Waals surface area contributed by atoms with Crippen LogP contribution in [0.25, 0.3) is 0 Å². The summed E-state index contributed by atoms with van der Waals surface area (Å²) in [4.78, 5) is 10.1. The van der Waals surface area contributed by atoms with E-state index in [1.165, 1.54) is 24.3 Å². The molecule has 0 saturated carbocycles. The van der Waals surface area contributed by atoms with Gasteiger partial charge in [-0.25, -0.2) is 4.39 Å². The van der Waals surface area contributed by atoms with Crippen molar-refractivity contribution in [3.8, 4) is 0 Å².